The zero-order valence-corrected chi connectivity index (χ0v) is 18.0. The van der Waals surface area contributed by atoms with Gasteiger partial charge in [-0.1, -0.05) is 18.2 Å². The first-order valence-corrected chi connectivity index (χ1v) is 10.5. The molecule has 0 aromatic heterocycles. The smallest absolute Gasteiger partial charge is 0.254 e. The normalized spacial score (nSPS) is 21.1. The molecule has 7 nitrogen and oxygen atoms in total. The molecule has 0 bridgehead atoms. The van der Waals surface area contributed by atoms with Crippen molar-refractivity contribution in [1.29, 1.82) is 0 Å². The van der Waals surface area contributed by atoms with Gasteiger partial charge in [-0.05, 0) is 35.9 Å². The van der Waals surface area contributed by atoms with Gasteiger partial charge in [-0.2, -0.15) is 0 Å². The van der Waals surface area contributed by atoms with Crippen LogP contribution in [0.2, 0.25) is 0 Å². The van der Waals surface area contributed by atoms with Crippen LogP contribution in [0, 0.1) is 5.92 Å². The lowest BCUT2D eigenvalue weighted by Gasteiger charge is -2.30. The highest BCUT2D eigenvalue weighted by Crippen LogP contribution is 2.36. The second-order valence-electron chi connectivity index (χ2n) is 7.87. The first kappa shape index (κ1) is 21.2. The molecule has 164 valence electrons. The number of carbonyl (C=O) groups excluding carboxylic acids is 2. The predicted molar refractivity (Wildman–Crippen MR) is 116 cm³/mol. The Bertz CT molecular complexity index is 941. The Balaban J connectivity index is 1.62. The topological polar surface area (TPSA) is 68.3 Å². The molecule has 2 amide bonds. The van der Waals surface area contributed by atoms with Crippen LogP contribution in [0.5, 0.6) is 11.5 Å². The molecular formula is C24H28N2O5. The maximum absolute atomic E-state index is 13.4. The summed E-state index contributed by atoms with van der Waals surface area (Å²) in [5, 5.41) is 0. The molecule has 2 saturated heterocycles. The molecule has 0 spiro atoms. The number of nitrogens with zero attached hydrogens (tertiary/aromatic N) is 2. The Hall–Kier alpha value is -3.06. The van der Waals surface area contributed by atoms with Crippen molar-refractivity contribution in [2.45, 2.75) is 5.92 Å². The molecule has 2 unspecified atom stereocenters. The van der Waals surface area contributed by atoms with Crippen molar-refractivity contribution in [3.63, 3.8) is 0 Å². The third-order valence-electron chi connectivity index (χ3n) is 6.09. The standard InChI is InChI=1S/C24H28N2O5/c1-29-19-7-3-5-17(13-19)21-15-26(23(27)18-6-4-8-20(14-18)30-2)16-22(21)24(28)25-9-11-31-12-10-25/h3-8,13-14,21-22H,9-12,15-16H2,1-2H3. The van der Waals surface area contributed by atoms with E-state index in [1.54, 1.807) is 37.3 Å². The van der Waals surface area contributed by atoms with Gasteiger partial charge in [0.1, 0.15) is 11.5 Å². The van der Waals surface area contributed by atoms with Gasteiger partial charge < -0.3 is 24.0 Å². The van der Waals surface area contributed by atoms with E-state index >= 15 is 0 Å². The van der Waals surface area contributed by atoms with Crippen LogP contribution in [0.25, 0.3) is 0 Å². The molecule has 31 heavy (non-hydrogen) atoms. The molecule has 0 aliphatic carbocycles. The van der Waals surface area contributed by atoms with Gasteiger partial charge in [0.2, 0.25) is 5.91 Å². The van der Waals surface area contributed by atoms with Crippen molar-refractivity contribution >= 4 is 11.8 Å². The number of morpholine rings is 1. The quantitative estimate of drug-likeness (QED) is 0.738. The second-order valence-corrected chi connectivity index (χ2v) is 7.87. The van der Waals surface area contributed by atoms with E-state index in [2.05, 4.69) is 0 Å². The highest BCUT2D eigenvalue weighted by molar-refractivity contribution is 5.95. The number of hydrogen-bond donors (Lipinski definition) is 0. The van der Waals surface area contributed by atoms with Crippen molar-refractivity contribution < 1.29 is 23.8 Å². The lowest BCUT2D eigenvalue weighted by Crippen LogP contribution is -2.45. The molecule has 0 radical (unpaired) electrons. The predicted octanol–water partition coefficient (Wildman–Crippen LogP) is 2.42. The summed E-state index contributed by atoms with van der Waals surface area (Å²) in [6, 6.07) is 14.9. The van der Waals surface area contributed by atoms with E-state index in [9.17, 15) is 9.59 Å². The summed E-state index contributed by atoms with van der Waals surface area (Å²) in [6.45, 7) is 3.13. The Labute approximate surface area is 182 Å². The first-order valence-electron chi connectivity index (χ1n) is 10.5. The molecule has 2 aliphatic heterocycles. The molecule has 0 N–H and O–H groups in total. The van der Waals surface area contributed by atoms with Gasteiger partial charge in [0.15, 0.2) is 0 Å². The highest BCUT2D eigenvalue weighted by Gasteiger charge is 2.42. The number of rotatable bonds is 5. The van der Waals surface area contributed by atoms with Crippen LogP contribution < -0.4 is 9.47 Å². The van der Waals surface area contributed by atoms with E-state index < -0.39 is 0 Å². The first-order chi connectivity index (χ1) is 15.1. The van der Waals surface area contributed by atoms with Crippen LogP contribution in [0.4, 0.5) is 0 Å². The third kappa shape index (κ3) is 4.51. The van der Waals surface area contributed by atoms with Crippen LogP contribution in [0.3, 0.4) is 0 Å². The molecule has 2 aromatic rings. The van der Waals surface area contributed by atoms with Crippen molar-refractivity contribution in [3.8, 4) is 11.5 Å². The lowest BCUT2D eigenvalue weighted by molar-refractivity contribution is -0.139. The lowest BCUT2D eigenvalue weighted by atomic mass is 9.87. The largest absolute Gasteiger partial charge is 0.497 e. The Morgan fingerprint density at radius 1 is 0.903 bits per heavy atom. The maximum Gasteiger partial charge on any atom is 0.254 e. The SMILES string of the molecule is COc1cccc(C(=O)N2CC(C(=O)N3CCOCC3)C(c3cccc(OC)c3)C2)c1. The summed E-state index contributed by atoms with van der Waals surface area (Å²) in [4.78, 5) is 30.3. The monoisotopic (exact) mass is 424 g/mol. The van der Waals surface area contributed by atoms with Crippen LogP contribution in [-0.4, -0.2) is 75.2 Å². The van der Waals surface area contributed by atoms with Crippen LogP contribution in [-0.2, 0) is 9.53 Å². The fourth-order valence-corrected chi connectivity index (χ4v) is 4.39. The van der Waals surface area contributed by atoms with Crippen LogP contribution in [0.1, 0.15) is 21.8 Å². The second kappa shape index (κ2) is 9.39. The van der Waals surface area contributed by atoms with Crippen molar-refractivity contribution in [2.24, 2.45) is 5.92 Å². The molecule has 2 fully saturated rings. The summed E-state index contributed by atoms with van der Waals surface area (Å²) < 4.78 is 16.1. The fraction of sp³-hybridized carbons (Fsp3) is 0.417. The van der Waals surface area contributed by atoms with Gasteiger partial charge in [-0.15, -0.1) is 0 Å². The number of carbonyl (C=O) groups is 2. The molecule has 4 rings (SSSR count). The zero-order chi connectivity index (χ0) is 21.8. The zero-order valence-electron chi connectivity index (χ0n) is 18.0. The van der Waals surface area contributed by atoms with Crippen LogP contribution in [0.15, 0.2) is 48.5 Å². The van der Waals surface area contributed by atoms with E-state index in [1.807, 2.05) is 35.2 Å². The molecular weight excluding hydrogens is 396 g/mol. The number of hydrogen-bond acceptors (Lipinski definition) is 5. The van der Waals surface area contributed by atoms with Crippen molar-refractivity contribution in [2.75, 3.05) is 53.6 Å². The average molecular weight is 424 g/mol. The Kier molecular flexibility index (Phi) is 6.42. The molecule has 2 atom stereocenters. The third-order valence-corrected chi connectivity index (χ3v) is 6.09. The van der Waals surface area contributed by atoms with Gasteiger partial charge in [-0.3, -0.25) is 9.59 Å². The molecule has 2 heterocycles. The molecule has 2 aromatic carbocycles. The highest BCUT2D eigenvalue weighted by atomic mass is 16.5. The van der Waals surface area contributed by atoms with E-state index in [0.717, 1.165) is 11.3 Å². The van der Waals surface area contributed by atoms with E-state index in [0.29, 0.717) is 50.7 Å². The summed E-state index contributed by atoms with van der Waals surface area (Å²) in [6.07, 6.45) is 0. The number of likely N-dealkylation sites (tertiary alicyclic amines) is 1. The van der Waals surface area contributed by atoms with E-state index in [4.69, 9.17) is 14.2 Å². The summed E-state index contributed by atoms with van der Waals surface area (Å²) >= 11 is 0. The Morgan fingerprint density at radius 3 is 2.29 bits per heavy atom. The summed E-state index contributed by atoms with van der Waals surface area (Å²) in [7, 11) is 3.21. The van der Waals surface area contributed by atoms with Gasteiger partial charge in [0.05, 0.1) is 33.4 Å². The minimum absolute atomic E-state index is 0.0806. The van der Waals surface area contributed by atoms with Gasteiger partial charge >= 0.3 is 0 Å². The fourth-order valence-electron chi connectivity index (χ4n) is 4.39. The summed E-state index contributed by atoms with van der Waals surface area (Å²) in [5.41, 5.74) is 1.56. The minimum Gasteiger partial charge on any atom is -0.497 e. The maximum atomic E-state index is 13.4. The van der Waals surface area contributed by atoms with E-state index in [1.165, 1.54) is 0 Å². The van der Waals surface area contributed by atoms with Crippen molar-refractivity contribution in [1.82, 2.24) is 9.80 Å². The Morgan fingerprint density at radius 2 is 1.58 bits per heavy atom. The minimum atomic E-state index is -0.306. The number of methoxy groups -OCH3 is 2. The van der Waals surface area contributed by atoms with Gasteiger partial charge in [0.25, 0.3) is 5.91 Å². The number of benzene rings is 2. The summed E-state index contributed by atoms with van der Waals surface area (Å²) in [5.74, 6) is 0.962. The van der Waals surface area contributed by atoms with Crippen LogP contribution >= 0.6 is 0 Å². The average Bonchev–Trinajstić information content (AvgIpc) is 3.29. The molecule has 7 heteroatoms. The van der Waals surface area contributed by atoms with Gasteiger partial charge in [0, 0.05) is 37.7 Å². The van der Waals surface area contributed by atoms with Gasteiger partial charge in [-0.25, -0.2) is 0 Å². The number of amides is 2. The number of ether oxygens (including phenoxy) is 3. The molecule has 2 aliphatic rings. The molecule has 0 saturated carbocycles. The van der Waals surface area contributed by atoms with E-state index in [-0.39, 0.29) is 23.7 Å². The van der Waals surface area contributed by atoms with Crippen molar-refractivity contribution in [3.05, 3.63) is 59.7 Å².